The normalized spacial score (nSPS) is 10.3. The highest BCUT2D eigenvalue weighted by atomic mass is 16.2. The Morgan fingerprint density at radius 3 is 3.00 bits per heavy atom. The molecular formula is C10H13N3O2. The molecule has 80 valence electrons. The average Bonchev–Trinajstić information content (AvgIpc) is 2.26. The lowest BCUT2D eigenvalue weighted by Gasteiger charge is -2.04. The van der Waals surface area contributed by atoms with Crippen molar-refractivity contribution in [2.45, 2.75) is 0 Å². The number of carbonyl (C=O) groups excluding carboxylic acids is 1. The molecule has 1 aromatic carbocycles. The van der Waals surface area contributed by atoms with E-state index in [0.29, 0.717) is 5.69 Å². The molecule has 0 spiro atoms. The van der Waals surface area contributed by atoms with Crippen molar-refractivity contribution in [3.63, 3.8) is 0 Å². The van der Waals surface area contributed by atoms with E-state index in [-0.39, 0.29) is 6.61 Å². The summed E-state index contributed by atoms with van der Waals surface area (Å²) in [6, 6.07) is 6.69. The quantitative estimate of drug-likeness (QED) is 0.334. The van der Waals surface area contributed by atoms with Crippen LogP contribution in [-0.4, -0.2) is 17.7 Å². The maximum absolute atomic E-state index is 10.9. The van der Waals surface area contributed by atoms with Gasteiger partial charge in [0, 0.05) is 5.69 Å². The number of nitrogens with one attached hydrogen (secondary N) is 2. The van der Waals surface area contributed by atoms with Gasteiger partial charge in [0.05, 0.1) is 6.61 Å². The van der Waals surface area contributed by atoms with E-state index in [1.54, 1.807) is 30.4 Å². The third-order valence-corrected chi connectivity index (χ3v) is 1.69. The monoisotopic (exact) mass is 207 g/mol. The van der Waals surface area contributed by atoms with Crippen molar-refractivity contribution in [2.24, 2.45) is 5.84 Å². The lowest BCUT2D eigenvalue weighted by atomic mass is 10.2. The van der Waals surface area contributed by atoms with E-state index in [1.807, 2.05) is 11.5 Å². The van der Waals surface area contributed by atoms with Crippen LogP contribution in [-0.2, 0) is 0 Å². The van der Waals surface area contributed by atoms with E-state index in [9.17, 15) is 4.79 Å². The van der Waals surface area contributed by atoms with E-state index in [2.05, 4.69) is 5.32 Å². The highest BCUT2D eigenvalue weighted by Crippen LogP contribution is 2.11. The minimum Gasteiger partial charge on any atom is -0.392 e. The van der Waals surface area contributed by atoms with Gasteiger partial charge in [0.1, 0.15) is 0 Å². The summed E-state index contributed by atoms with van der Waals surface area (Å²) in [6.07, 6.45) is 3.37. The standard InChI is InChI=1S/C10H13N3O2/c11-13-10(15)12-9-5-1-3-8(7-9)4-2-6-14/h1-5,7,14H,6,11H2,(H2,12,13,15)/b4-2+. The van der Waals surface area contributed by atoms with Gasteiger partial charge < -0.3 is 10.4 Å². The predicted octanol–water partition coefficient (Wildman–Crippen LogP) is 0.687. The molecule has 5 N–H and O–H groups in total. The van der Waals surface area contributed by atoms with Gasteiger partial charge in [-0.3, -0.25) is 5.43 Å². The smallest absolute Gasteiger partial charge is 0.333 e. The molecule has 0 heterocycles. The number of hydrogen-bond donors (Lipinski definition) is 4. The van der Waals surface area contributed by atoms with E-state index in [4.69, 9.17) is 10.9 Å². The second kappa shape index (κ2) is 5.79. The van der Waals surface area contributed by atoms with E-state index < -0.39 is 6.03 Å². The van der Waals surface area contributed by atoms with Crippen molar-refractivity contribution in [2.75, 3.05) is 11.9 Å². The third-order valence-electron chi connectivity index (χ3n) is 1.69. The molecule has 2 amide bonds. The Labute approximate surface area is 87.6 Å². The second-order valence-electron chi connectivity index (χ2n) is 2.81. The van der Waals surface area contributed by atoms with Crippen LogP contribution < -0.4 is 16.6 Å². The molecule has 1 aromatic rings. The molecule has 0 aromatic heterocycles. The SMILES string of the molecule is NNC(=O)Nc1cccc(/C=C/CO)c1. The van der Waals surface area contributed by atoms with Gasteiger partial charge >= 0.3 is 6.03 Å². The summed E-state index contributed by atoms with van der Waals surface area (Å²) in [5.74, 6) is 4.93. The number of hydrazine groups is 1. The molecule has 15 heavy (non-hydrogen) atoms. The molecule has 0 aliphatic rings. The van der Waals surface area contributed by atoms with Crippen LogP contribution in [0.4, 0.5) is 10.5 Å². The van der Waals surface area contributed by atoms with Crippen molar-refractivity contribution in [3.05, 3.63) is 35.9 Å². The van der Waals surface area contributed by atoms with Crippen molar-refractivity contribution in [3.8, 4) is 0 Å². The number of benzene rings is 1. The summed E-state index contributed by atoms with van der Waals surface area (Å²) in [7, 11) is 0. The van der Waals surface area contributed by atoms with Gasteiger partial charge in [-0.05, 0) is 17.7 Å². The van der Waals surface area contributed by atoms with Gasteiger partial charge in [0.2, 0.25) is 0 Å². The van der Waals surface area contributed by atoms with Gasteiger partial charge in [-0.2, -0.15) is 0 Å². The van der Waals surface area contributed by atoms with Crippen molar-refractivity contribution in [1.82, 2.24) is 5.43 Å². The minimum absolute atomic E-state index is 0.0130. The zero-order valence-corrected chi connectivity index (χ0v) is 8.10. The molecule has 0 radical (unpaired) electrons. The van der Waals surface area contributed by atoms with Crippen LogP contribution >= 0.6 is 0 Å². The Hall–Kier alpha value is -1.85. The molecule has 0 aliphatic heterocycles. The first-order chi connectivity index (χ1) is 7.26. The molecule has 0 bridgehead atoms. The summed E-state index contributed by atoms with van der Waals surface area (Å²) in [5, 5.41) is 11.1. The highest BCUT2D eigenvalue weighted by molar-refractivity contribution is 5.89. The number of aliphatic hydroxyl groups is 1. The molecule has 0 fully saturated rings. The van der Waals surface area contributed by atoms with Crippen LogP contribution in [0.15, 0.2) is 30.3 Å². The van der Waals surface area contributed by atoms with Crippen LogP contribution in [0.25, 0.3) is 6.08 Å². The topological polar surface area (TPSA) is 87.4 Å². The van der Waals surface area contributed by atoms with Crippen molar-refractivity contribution >= 4 is 17.8 Å². The Morgan fingerprint density at radius 2 is 2.33 bits per heavy atom. The fourth-order valence-corrected chi connectivity index (χ4v) is 1.08. The summed E-state index contributed by atoms with van der Waals surface area (Å²) < 4.78 is 0. The van der Waals surface area contributed by atoms with Crippen LogP contribution in [0, 0.1) is 0 Å². The lowest BCUT2D eigenvalue weighted by molar-refractivity contribution is 0.252. The van der Waals surface area contributed by atoms with Gasteiger partial charge in [-0.15, -0.1) is 0 Å². The van der Waals surface area contributed by atoms with Crippen LogP contribution in [0.1, 0.15) is 5.56 Å². The molecule has 1 rings (SSSR count). The first kappa shape index (κ1) is 11.2. The number of nitrogens with two attached hydrogens (primary N) is 1. The number of aliphatic hydroxyl groups excluding tert-OH is 1. The van der Waals surface area contributed by atoms with Gasteiger partial charge in [0.15, 0.2) is 0 Å². The van der Waals surface area contributed by atoms with E-state index in [1.165, 1.54) is 0 Å². The van der Waals surface area contributed by atoms with Crippen molar-refractivity contribution in [1.29, 1.82) is 0 Å². The van der Waals surface area contributed by atoms with E-state index >= 15 is 0 Å². The fraction of sp³-hybridized carbons (Fsp3) is 0.100. The minimum atomic E-state index is -0.474. The molecule has 0 aliphatic carbocycles. The number of rotatable bonds is 3. The van der Waals surface area contributed by atoms with E-state index in [0.717, 1.165) is 5.56 Å². The summed E-state index contributed by atoms with van der Waals surface area (Å²) in [5.41, 5.74) is 3.49. The maximum Gasteiger partial charge on any atom is 0.333 e. The number of urea groups is 1. The first-order valence-corrected chi connectivity index (χ1v) is 4.41. The average molecular weight is 207 g/mol. The summed E-state index contributed by atoms with van der Waals surface area (Å²) in [6.45, 7) is -0.0130. The van der Waals surface area contributed by atoms with Crippen LogP contribution in [0.5, 0.6) is 0 Å². The largest absolute Gasteiger partial charge is 0.392 e. The molecule has 0 saturated heterocycles. The Balaban J connectivity index is 2.74. The molecular weight excluding hydrogens is 194 g/mol. The molecule has 0 saturated carbocycles. The van der Waals surface area contributed by atoms with Crippen LogP contribution in [0.2, 0.25) is 0 Å². The van der Waals surface area contributed by atoms with Crippen LogP contribution in [0.3, 0.4) is 0 Å². The molecule has 5 heteroatoms. The predicted molar refractivity (Wildman–Crippen MR) is 58.9 cm³/mol. The molecule has 5 nitrogen and oxygen atoms in total. The zero-order chi connectivity index (χ0) is 11.1. The highest BCUT2D eigenvalue weighted by Gasteiger charge is 1.98. The number of anilines is 1. The summed E-state index contributed by atoms with van der Waals surface area (Å²) in [4.78, 5) is 10.9. The molecule has 0 atom stereocenters. The fourth-order valence-electron chi connectivity index (χ4n) is 1.08. The number of amides is 2. The number of carbonyl (C=O) groups is 1. The van der Waals surface area contributed by atoms with Crippen molar-refractivity contribution < 1.29 is 9.90 Å². The number of hydrogen-bond acceptors (Lipinski definition) is 3. The van der Waals surface area contributed by atoms with Gasteiger partial charge in [-0.25, -0.2) is 10.6 Å². The maximum atomic E-state index is 10.9. The lowest BCUT2D eigenvalue weighted by Crippen LogP contribution is -2.34. The summed E-state index contributed by atoms with van der Waals surface area (Å²) >= 11 is 0. The Bertz CT molecular complexity index is 363. The second-order valence-corrected chi connectivity index (χ2v) is 2.81. The van der Waals surface area contributed by atoms with Gasteiger partial charge in [0.25, 0.3) is 0 Å². The Kier molecular flexibility index (Phi) is 4.33. The Morgan fingerprint density at radius 1 is 1.53 bits per heavy atom. The zero-order valence-electron chi connectivity index (χ0n) is 8.10. The molecule has 0 unspecified atom stereocenters. The third kappa shape index (κ3) is 3.80. The van der Waals surface area contributed by atoms with Gasteiger partial charge in [-0.1, -0.05) is 24.3 Å². The first-order valence-electron chi connectivity index (χ1n) is 4.41.